The Balaban J connectivity index is 1.73. The van der Waals surface area contributed by atoms with Crippen LogP contribution in [-0.4, -0.2) is 49.2 Å². The maximum absolute atomic E-state index is 12.9. The molecule has 0 aliphatic heterocycles. The number of Topliss-reactive ketones (excluding diaryl/α,β-unsaturated/α-hetero) is 1. The Morgan fingerprint density at radius 1 is 1.11 bits per heavy atom. The van der Waals surface area contributed by atoms with Crippen molar-refractivity contribution in [1.82, 2.24) is 0 Å². The van der Waals surface area contributed by atoms with Crippen LogP contribution in [-0.2, 0) is 4.79 Å². The highest BCUT2D eigenvalue weighted by atomic mass is 16.3. The van der Waals surface area contributed by atoms with E-state index in [-0.39, 0.29) is 12.0 Å². The summed E-state index contributed by atoms with van der Waals surface area (Å²) in [7, 11) is 4.13. The Morgan fingerprint density at radius 2 is 1.58 bits per heavy atom. The smallest absolute Gasteiger partial charge is 0.192 e. The van der Waals surface area contributed by atoms with Gasteiger partial charge in [0.2, 0.25) is 0 Å². The van der Waals surface area contributed by atoms with E-state index in [0.29, 0.717) is 23.4 Å². The molecule has 4 saturated carbocycles. The van der Waals surface area contributed by atoms with Crippen molar-refractivity contribution in [3.63, 3.8) is 0 Å². The van der Waals surface area contributed by atoms with Gasteiger partial charge in [0.1, 0.15) is 13.1 Å². The molecule has 4 fully saturated rings. The van der Waals surface area contributed by atoms with E-state index < -0.39 is 0 Å². The first-order valence-electron chi connectivity index (χ1n) is 7.89. The lowest BCUT2D eigenvalue weighted by atomic mass is 9.48. The molecule has 3 heteroatoms. The van der Waals surface area contributed by atoms with Gasteiger partial charge in [0.05, 0.1) is 20.7 Å². The van der Waals surface area contributed by atoms with Crippen LogP contribution in [0.2, 0.25) is 0 Å². The van der Waals surface area contributed by atoms with Crippen LogP contribution in [0.25, 0.3) is 0 Å². The van der Waals surface area contributed by atoms with E-state index in [1.54, 1.807) is 0 Å². The molecule has 3 nitrogen and oxygen atoms in total. The molecule has 0 aromatic carbocycles. The van der Waals surface area contributed by atoms with Crippen LogP contribution in [0.15, 0.2) is 0 Å². The van der Waals surface area contributed by atoms with E-state index in [9.17, 15) is 4.79 Å². The predicted molar refractivity (Wildman–Crippen MR) is 74.5 cm³/mol. The molecule has 0 aromatic heterocycles. The Kier molecular flexibility index (Phi) is 3.25. The second kappa shape index (κ2) is 4.56. The molecule has 0 amide bonds. The molecular formula is C16H28NO2+. The van der Waals surface area contributed by atoms with Gasteiger partial charge in [0.25, 0.3) is 0 Å². The molecule has 0 saturated heterocycles. The second-order valence-corrected chi connectivity index (χ2v) is 8.16. The topological polar surface area (TPSA) is 37.3 Å². The number of ketones is 1. The Morgan fingerprint density at radius 3 is 2.00 bits per heavy atom. The molecule has 0 aromatic rings. The maximum atomic E-state index is 12.9. The van der Waals surface area contributed by atoms with Gasteiger partial charge in [-0.3, -0.25) is 4.79 Å². The third-order valence-electron chi connectivity index (χ3n) is 5.91. The van der Waals surface area contributed by atoms with E-state index >= 15 is 0 Å². The van der Waals surface area contributed by atoms with Gasteiger partial charge in [-0.15, -0.1) is 0 Å². The van der Waals surface area contributed by atoms with Crippen molar-refractivity contribution in [2.75, 3.05) is 33.8 Å². The van der Waals surface area contributed by atoms with Crippen molar-refractivity contribution >= 4 is 5.78 Å². The normalized spacial score (nSPS) is 40.7. The van der Waals surface area contributed by atoms with Crippen LogP contribution in [0.4, 0.5) is 0 Å². The molecule has 4 aliphatic rings. The molecule has 4 bridgehead atoms. The molecule has 0 heterocycles. The van der Waals surface area contributed by atoms with Crippen molar-refractivity contribution in [3.05, 3.63) is 0 Å². The van der Waals surface area contributed by atoms with Gasteiger partial charge in [0.15, 0.2) is 5.78 Å². The first-order chi connectivity index (χ1) is 8.92. The monoisotopic (exact) mass is 266 g/mol. The quantitative estimate of drug-likeness (QED) is 0.771. The number of carbonyl (C=O) groups excluding carboxylic acids is 1. The van der Waals surface area contributed by atoms with Crippen molar-refractivity contribution in [1.29, 1.82) is 0 Å². The van der Waals surface area contributed by atoms with Crippen molar-refractivity contribution in [2.24, 2.45) is 23.2 Å². The molecule has 0 spiro atoms. The average molecular weight is 266 g/mol. The second-order valence-electron chi connectivity index (χ2n) is 8.16. The third-order valence-corrected chi connectivity index (χ3v) is 5.91. The number of carbonyl (C=O) groups is 1. The molecule has 19 heavy (non-hydrogen) atoms. The van der Waals surface area contributed by atoms with Gasteiger partial charge in [-0.05, 0) is 56.3 Å². The van der Waals surface area contributed by atoms with Crippen molar-refractivity contribution in [3.8, 4) is 0 Å². The van der Waals surface area contributed by atoms with E-state index in [1.807, 2.05) is 0 Å². The van der Waals surface area contributed by atoms with E-state index in [2.05, 4.69) is 14.1 Å². The molecule has 0 atom stereocenters. The van der Waals surface area contributed by atoms with Crippen LogP contribution < -0.4 is 0 Å². The minimum Gasteiger partial charge on any atom is -0.391 e. The Hall–Kier alpha value is -0.410. The number of aliphatic hydroxyl groups is 1. The zero-order chi connectivity index (χ0) is 13.7. The minimum absolute atomic E-state index is 0.0275. The van der Waals surface area contributed by atoms with Crippen molar-refractivity contribution in [2.45, 2.75) is 38.5 Å². The van der Waals surface area contributed by atoms with E-state index in [1.165, 1.54) is 19.3 Å². The number of nitrogens with zero attached hydrogens (tertiary/aromatic N) is 1. The van der Waals surface area contributed by atoms with Gasteiger partial charge >= 0.3 is 0 Å². The molecule has 0 unspecified atom stereocenters. The summed E-state index contributed by atoms with van der Waals surface area (Å²) in [4.78, 5) is 12.9. The minimum atomic E-state index is 0.0275. The Labute approximate surface area is 116 Å². The number of aliphatic hydroxyl groups excluding tert-OH is 1. The largest absolute Gasteiger partial charge is 0.391 e. The van der Waals surface area contributed by atoms with Crippen LogP contribution in [0.1, 0.15) is 38.5 Å². The fourth-order valence-corrected chi connectivity index (χ4v) is 5.36. The fourth-order valence-electron chi connectivity index (χ4n) is 5.36. The summed E-state index contributed by atoms with van der Waals surface area (Å²) in [5, 5.41) is 9.12. The van der Waals surface area contributed by atoms with E-state index in [0.717, 1.165) is 37.0 Å². The number of hydrogen-bond donors (Lipinski definition) is 1. The van der Waals surface area contributed by atoms with Crippen molar-refractivity contribution < 1.29 is 14.4 Å². The number of rotatable bonds is 5. The SMILES string of the molecule is C[N+](C)(CCO)CC(=O)C12CC3CC(CC(C3)C1)C2. The Bertz CT molecular complexity index is 340. The highest BCUT2D eigenvalue weighted by Gasteiger charge is 2.55. The van der Waals surface area contributed by atoms with Gasteiger partial charge in [0, 0.05) is 5.41 Å². The third kappa shape index (κ3) is 2.47. The number of likely N-dealkylation sites (N-methyl/N-ethyl adjacent to an activating group) is 1. The lowest BCUT2D eigenvalue weighted by Gasteiger charge is -2.56. The van der Waals surface area contributed by atoms with Gasteiger partial charge in [-0.2, -0.15) is 0 Å². The zero-order valence-electron chi connectivity index (χ0n) is 12.4. The summed E-state index contributed by atoms with van der Waals surface area (Å²) < 4.78 is 0.636. The average Bonchev–Trinajstić information content (AvgIpc) is 2.25. The molecule has 1 N–H and O–H groups in total. The molecule has 4 aliphatic carbocycles. The van der Waals surface area contributed by atoms with Crippen LogP contribution >= 0.6 is 0 Å². The highest BCUT2D eigenvalue weighted by molar-refractivity contribution is 5.86. The first-order valence-corrected chi connectivity index (χ1v) is 7.89. The summed E-state index contributed by atoms with van der Waals surface area (Å²) in [6, 6.07) is 0. The number of hydrogen-bond acceptors (Lipinski definition) is 2. The highest BCUT2D eigenvalue weighted by Crippen LogP contribution is 2.60. The molecule has 4 rings (SSSR count). The summed E-state index contributed by atoms with van der Waals surface area (Å²) in [6.07, 6.45) is 7.66. The van der Waals surface area contributed by atoms with E-state index in [4.69, 9.17) is 5.11 Å². The van der Waals surface area contributed by atoms with Crippen LogP contribution in [0.3, 0.4) is 0 Å². The standard InChI is InChI=1S/C16H28NO2/c1-17(2,3-4-18)11-15(19)16-8-12-5-13(9-16)7-14(6-12)10-16/h12-14,18H,3-11H2,1-2H3/q+1. The molecule has 0 radical (unpaired) electrons. The zero-order valence-corrected chi connectivity index (χ0v) is 12.4. The predicted octanol–water partition coefficient (Wildman–Crippen LogP) is 1.84. The van der Waals surface area contributed by atoms with Gasteiger partial charge in [-0.25, -0.2) is 0 Å². The summed E-state index contributed by atoms with van der Waals surface area (Å²) >= 11 is 0. The first kappa shape index (κ1) is 13.6. The summed E-state index contributed by atoms with van der Waals surface area (Å²) in [5.41, 5.74) is 0.0275. The maximum Gasteiger partial charge on any atom is 0.192 e. The fraction of sp³-hybridized carbons (Fsp3) is 0.938. The summed E-state index contributed by atoms with van der Waals surface area (Å²) in [6.45, 7) is 1.45. The summed E-state index contributed by atoms with van der Waals surface area (Å²) in [5.74, 6) is 3.00. The number of quaternary nitrogens is 1. The molecular weight excluding hydrogens is 238 g/mol. The molecule has 108 valence electrons. The van der Waals surface area contributed by atoms with Crippen LogP contribution in [0.5, 0.6) is 0 Å². The van der Waals surface area contributed by atoms with Gasteiger partial charge < -0.3 is 9.59 Å². The van der Waals surface area contributed by atoms with Crippen LogP contribution in [0, 0.1) is 23.2 Å². The van der Waals surface area contributed by atoms with Gasteiger partial charge in [-0.1, -0.05) is 0 Å². The lowest BCUT2D eigenvalue weighted by Crippen LogP contribution is -2.55. The lowest BCUT2D eigenvalue weighted by molar-refractivity contribution is -0.882.